The van der Waals surface area contributed by atoms with Crippen LogP contribution in [0.25, 0.3) is 5.57 Å². The van der Waals surface area contributed by atoms with E-state index >= 15 is 0 Å². The molecule has 0 saturated heterocycles. The van der Waals surface area contributed by atoms with Crippen LogP contribution in [0.5, 0.6) is 0 Å². The number of benzene rings is 5. The second-order valence-electron chi connectivity index (χ2n) is 19.4. The number of hydrogen-bond acceptors (Lipinski definition) is 7. The van der Waals surface area contributed by atoms with E-state index in [0.29, 0.717) is 28.6 Å². The van der Waals surface area contributed by atoms with Gasteiger partial charge in [-0.2, -0.15) is 0 Å². The van der Waals surface area contributed by atoms with Crippen LogP contribution in [0.2, 0.25) is 5.02 Å². The molecule has 2 aliphatic rings. The number of carbonyl (C=O) groups excluding carboxylic acids is 4. The predicted molar refractivity (Wildman–Crippen MR) is 305 cm³/mol. The zero-order valence-electron chi connectivity index (χ0n) is 43.5. The number of aliphatic carboxylic acids is 2. The third-order valence-electron chi connectivity index (χ3n) is 13.8. The van der Waals surface area contributed by atoms with Gasteiger partial charge in [0, 0.05) is 34.9 Å². The normalized spacial score (nSPS) is 14.0. The van der Waals surface area contributed by atoms with Crippen LogP contribution in [0.15, 0.2) is 139 Å². The van der Waals surface area contributed by atoms with Crippen molar-refractivity contribution in [1.29, 1.82) is 0 Å². The van der Waals surface area contributed by atoms with Crippen molar-refractivity contribution in [3.05, 3.63) is 194 Å². The Hall–Kier alpha value is -7.75. The van der Waals surface area contributed by atoms with Crippen molar-refractivity contribution in [1.82, 2.24) is 21.3 Å². The molecular weight excluding hydrogens is 1010 g/mol. The van der Waals surface area contributed by atoms with Crippen LogP contribution in [0.4, 0.5) is 20.3 Å². The first-order valence-corrected chi connectivity index (χ1v) is 27.5. The molecular formula is C61H67ClN6O8S. The molecule has 6 amide bonds. The van der Waals surface area contributed by atoms with E-state index in [2.05, 4.69) is 56.9 Å². The molecule has 7 N–H and O–H groups in total. The molecule has 2 atom stereocenters. The van der Waals surface area contributed by atoms with Crippen LogP contribution >= 0.6 is 22.9 Å². The molecule has 77 heavy (non-hydrogen) atoms. The van der Waals surface area contributed by atoms with E-state index in [9.17, 15) is 28.8 Å². The minimum atomic E-state index is -0.967. The standard InChI is InChI=1S/C32H36ClN3O4.C29H31N3O4S/c1-22(24-11-15-28(33)16-12-24)35-32(40)36(29-17-13-26(14-18-29)25-5-3-2-4-6-25)21-23-7-9-27(10-8-23)31(39)34-20-19-30(37)38;1-19-16-18-37-28(19)32-29(36)31-26(22-9-7-21(8-10-22)20-5-3-2-4-6-20)23-11-13-24(14-12-23)27(35)30-17-15-25(33)34/h7-18,22,25H,2-6,19-21H2,1H3,(H,34,39)(H,35,40)(H,37,38);5,7-14,16,18,26H,2-4,6,15,17H2,1H3,(H,30,35)(H,33,34)(H2,31,32,36)/t22-;/m0./s1. The van der Waals surface area contributed by atoms with Crippen molar-refractivity contribution in [2.45, 2.75) is 109 Å². The number of halogens is 1. The number of hydrogen-bond donors (Lipinski definition) is 7. The Balaban J connectivity index is 0.000000224. The summed E-state index contributed by atoms with van der Waals surface area (Å²) >= 11 is 7.50. The quantitative estimate of drug-likeness (QED) is 0.0414. The fraction of sp³-hybridized carbons (Fsp3) is 0.311. The summed E-state index contributed by atoms with van der Waals surface area (Å²) in [6.45, 7) is 4.31. The van der Waals surface area contributed by atoms with E-state index in [-0.39, 0.29) is 55.8 Å². The van der Waals surface area contributed by atoms with Crippen molar-refractivity contribution >= 4 is 75.0 Å². The minimum Gasteiger partial charge on any atom is -0.481 e. The molecule has 2 aliphatic carbocycles. The van der Waals surface area contributed by atoms with Crippen LogP contribution in [0.1, 0.15) is 155 Å². The number of amides is 6. The van der Waals surface area contributed by atoms with Gasteiger partial charge in [-0.1, -0.05) is 110 Å². The van der Waals surface area contributed by atoms with Crippen LogP contribution < -0.4 is 31.5 Å². The number of carboxylic acid groups (broad SMARTS) is 2. The van der Waals surface area contributed by atoms with Crippen molar-refractivity contribution in [2.24, 2.45) is 0 Å². The van der Waals surface area contributed by atoms with Crippen molar-refractivity contribution < 1.29 is 39.0 Å². The number of thiophene rings is 1. The van der Waals surface area contributed by atoms with E-state index in [0.717, 1.165) is 51.3 Å². The molecule has 14 nitrogen and oxygen atoms in total. The van der Waals surface area contributed by atoms with Gasteiger partial charge < -0.3 is 31.5 Å². The number of anilines is 2. The van der Waals surface area contributed by atoms with Gasteiger partial charge in [-0.3, -0.25) is 29.4 Å². The Morgan fingerprint density at radius 1 is 0.662 bits per heavy atom. The molecule has 402 valence electrons. The molecule has 0 spiro atoms. The highest BCUT2D eigenvalue weighted by atomic mass is 35.5. The number of rotatable bonds is 19. The van der Waals surface area contributed by atoms with Gasteiger partial charge in [0.1, 0.15) is 0 Å². The molecule has 1 aromatic heterocycles. The molecule has 0 aliphatic heterocycles. The molecule has 1 heterocycles. The van der Waals surface area contributed by atoms with Gasteiger partial charge >= 0.3 is 24.0 Å². The number of carbonyl (C=O) groups is 6. The Bertz CT molecular complexity index is 2970. The molecule has 16 heteroatoms. The van der Waals surface area contributed by atoms with Gasteiger partial charge in [0.15, 0.2) is 0 Å². The fourth-order valence-electron chi connectivity index (χ4n) is 9.40. The van der Waals surface area contributed by atoms with Gasteiger partial charge in [-0.25, -0.2) is 9.59 Å². The Morgan fingerprint density at radius 2 is 1.23 bits per heavy atom. The number of aryl methyl sites for hydroxylation is 1. The third kappa shape index (κ3) is 17.1. The second kappa shape index (κ2) is 28.4. The zero-order valence-corrected chi connectivity index (χ0v) is 45.1. The van der Waals surface area contributed by atoms with Gasteiger partial charge in [0.2, 0.25) is 0 Å². The molecule has 0 bridgehead atoms. The van der Waals surface area contributed by atoms with Crippen molar-refractivity contribution in [3.8, 4) is 0 Å². The molecule has 6 aromatic rings. The van der Waals surface area contributed by atoms with E-state index in [1.165, 1.54) is 73.0 Å². The zero-order chi connectivity index (χ0) is 54.7. The van der Waals surface area contributed by atoms with E-state index < -0.39 is 18.0 Å². The van der Waals surface area contributed by atoms with Crippen LogP contribution in [0.3, 0.4) is 0 Å². The van der Waals surface area contributed by atoms with E-state index in [1.807, 2.05) is 86.0 Å². The maximum absolute atomic E-state index is 13.6. The fourth-order valence-corrected chi connectivity index (χ4v) is 10.3. The highest BCUT2D eigenvalue weighted by Crippen LogP contribution is 2.34. The third-order valence-corrected chi connectivity index (χ3v) is 15.0. The summed E-state index contributed by atoms with van der Waals surface area (Å²) in [5.74, 6) is -2.03. The first kappa shape index (κ1) is 57.0. The largest absolute Gasteiger partial charge is 0.481 e. The topological polar surface area (TPSA) is 206 Å². The highest BCUT2D eigenvalue weighted by molar-refractivity contribution is 7.14. The molecule has 8 rings (SSSR count). The average molecular weight is 1080 g/mol. The lowest BCUT2D eigenvalue weighted by Crippen LogP contribution is -2.40. The van der Waals surface area contributed by atoms with E-state index in [4.69, 9.17) is 21.8 Å². The lowest BCUT2D eigenvalue weighted by molar-refractivity contribution is -0.137. The molecule has 5 aromatic carbocycles. The number of carboxylic acids is 2. The summed E-state index contributed by atoms with van der Waals surface area (Å²) in [7, 11) is 0. The van der Waals surface area contributed by atoms with Gasteiger partial charge in [0.05, 0.1) is 36.5 Å². The van der Waals surface area contributed by atoms with Gasteiger partial charge in [-0.05, 0) is 163 Å². The number of nitrogens with one attached hydrogen (secondary N) is 5. The van der Waals surface area contributed by atoms with Crippen molar-refractivity contribution in [2.75, 3.05) is 23.3 Å². The van der Waals surface area contributed by atoms with Gasteiger partial charge in [0.25, 0.3) is 11.8 Å². The van der Waals surface area contributed by atoms with Crippen molar-refractivity contribution in [3.63, 3.8) is 0 Å². The van der Waals surface area contributed by atoms with Crippen LogP contribution in [-0.2, 0) is 16.1 Å². The maximum Gasteiger partial charge on any atom is 0.322 e. The predicted octanol–water partition coefficient (Wildman–Crippen LogP) is 13.2. The first-order valence-electron chi connectivity index (χ1n) is 26.2. The smallest absolute Gasteiger partial charge is 0.322 e. The Morgan fingerprint density at radius 3 is 1.78 bits per heavy atom. The summed E-state index contributed by atoms with van der Waals surface area (Å²) in [4.78, 5) is 74.4. The molecule has 1 unspecified atom stereocenters. The number of urea groups is 2. The first-order chi connectivity index (χ1) is 37.2. The number of nitrogens with zero attached hydrogens (tertiary/aromatic N) is 1. The average Bonchev–Trinajstić information content (AvgIpc) is 3.85. The summed E-state index contributed by atoms with van der Waals surface area (Å²) in [6.07, 6.45) is 12.9. The highest BCUT2D eigenvalue weighted by Gasteiger charge is 2.23. The minimum absolute atomic E-state index is 0.0607. The van der Waals surface area contributed by atoms with Gasteiger partial charge in [-0.15, -0.1) is 11.3 Å². The van der Waals surface area contributed by atoms with E-state index in [1.54, 1.807) is 41.3 Å². The Labute approximate surface area is 459 Å². The summed E-state index contributed by atoms with van der Waals surface area (Å²) in [6, 6.07) is 38.7. The lowest BCUT2D eigenvalue weighted by Gasteiger charge is -2.27. The monoisotopic (exact) mass is 1080 g/mol. The lowest BCUT2D eigenvalue weighted by atomic mass is 9.84. The summed E-state index contributed by atoms with van der Waals surface area (Å²) in [5, 5.41) is 35.2. The molecule has 1 saturated carbocycles. The maximum atomic E-state index is 13.6. The molecule has 1 fully saturated rings. The van der Waals surface area contributed by atoms with Crippen LogP contribution in [0, 0.1) is 6.92 Å². The SMILES string of the molecule is C[C@H](NC(=O)N(Cc1ccc(C(=O)NCCC(=O)O)cc1)c1ccc(C2CCCCC2)cc1)c1ccc(Cl)cc1.Cc1ccsc1NC(=O)NC(c1ccc(C(=O)NCCC(=O)O)cc1)c1ccc(C2=CCCCC2)cc1. The second-order valence-corrected chi connectivity index (χ2v) is 20.8. The Kier molecular flexibility index (Phi) is 21.0. The molecule has 0 radical (unpaired) electrons. The summed E-state index contributed by atoms with van der Waals surface area (Å²) < 4.78 is 0. The summed E-state index contributed by atoms with van der Waals surface area (Å²) in [5.41, 5.74) is 10.1. The van der Waals surface area contributed by atoms with Crippen LogP contribution in [-0.4, -0.2) is 59.1 Å². The number of allylic oxidation sites excluding steroid dienone is 2.